The molecule has 0 aliphatic heterocycles. The highest BCUT2D eigenvalue weighted by Gasteiger charge is 2.19. The normalized spacial score (nSPS) is 10.2. The van der Waals surface area contributed by atoms with Gasteiger partial charge in [-0.05, 0) is 12.1 Å². The Morgan fingerprint density at radius 1 is 1.36 bits per heavy atom. The molecule has 8 heteroatoms. The molecule has 0 saturated heterocycles. The second-order valence-electron chi connectivity index (χ2n) is 4.22. The highest BCUT2D eigenvalue weighted by Crippen LogP contribution is 2.37. The second-order valence-corrected chi connectivity index (χ2v) is 6.09. The molecule has 5 nitrogen and oxygen atoms in total. The summed E-state index contributed by atoms with van der Waals surface area (Å²) in [5.41, 5.74) is 0. The number of nitrogens with one attached hydrogen (secondary N) is 1. The van der Waals surface area contributed by atoms with Crippen molar-refractivity contribution >= 4 is 56.5 Å². The lowest BCUT2D eigenvalue weighted by Gasteiger charge is -2.04. The smallest absolute Gasteiger partial charge is 0.350 e. The van der Waals surface area contributed by atoms with Gasteiger partial charge in [0.1, 0.15) is 4.88 Å². The van der Waals surface area contributed by atoms with Crippen LogP contribution >= 0.6 is 34.5 Å². The predicted molar refractivity (Wildman–Crippen MR) is 85.4 cm³/mol. The molecule has 0 aliphatic rings. The quantitative estimate of drug-likeness (QED) is 0.657. The molecule has 0 aliphatic carbocycles. The van der Waals surface area contributed by atoms with Crippen LogP contribution in [-0.4, -0.2) is 25.0 Å². The SMILES string of the molecule is N#CCCNC(=O)COC(=O)c1sc2cc(Cl)ccc2c1Cl. The van der Waals surface area contributed by atoms with Crippen LogP contribution in [0.3, 0.4) is 0 Å². The fraction of sp³-hybridized carbons (Fsp3) is 0.214. The van der Waals surface area contributed by atoms with Crippen LogP contribution in [0.4, 0.5) is 0 Å². The Kier molecular flexibility index (Phi) is 5.61. The Bertz CT molecular complexity index is 767. The van der Waals surface area contributed by atoms with Crippen LogP contribution in [0, 0.1) is 11.3 Å². The minimum Gasteiger partial charge on any atom is -0.451 e. The average molecular weight is 357 g/mol. The fourth-order valence-electron chi connectivity index (χ4n) is 1.68. The number of carbonyl (C=O) groups excluding carboxylic acids is 2. The van der Waals surface area contributed by atoms with E-state index in [4.69, 9.17) is 33.2 Å². The van der Waals surface area contributed by atoms with Crippen molar-refractivity contribution in [2.75, 3.05) is 13.2 Å². The highest BCUT2D eigenvalue weighted by atomic mass is 35.5. The Hall–Kier alpha value is -1.81. The fourth-order valence-corrected chi connectivity index (χ4v) is 3.35. The van der Waals surface area contributed by atoms with Gasteiger partial charge in [0.25, 0.3) is 5.91 Å². The summed E-state index contributed by atoms with van der Waals surface area (Å²) in [6.07, 6.45) is 0.197. The van der Waals surface area contributed by atoms with Gasteiger partial charge in [0, 0.05) is 21.7 Å². The lowest BCUT2D eigenvalue weighted by molar-refractivity contribution is -0.124. The molecule has 1 amide bonds. The third kappa shape index (κ3) is 3.89. The first kappa shape index (κ1) is 16.6. The number of rotatable bonds is 5. The molecule has 0 spiro atoms. The number of benzene rings is 1. The van der Waals surface area contributed by atoms with Crippen LogP contribution in [0.2, 0.25) is 10.0 Å². The molecule has 0 fully saturated rings. The second kappa shape index (κ2) is 7.45. The van der Waals surface area contributed by atoms with E-state index in [0.29, 0.717) is 10.4 Å². The molecule has 0 unspecified atom stereocenters. The summed E-state index contributed by atoms with van der Waals surface area (Å²) in [4.78, 5) is 23.6. The number of ether oxygens (including phenoxy) is 1. The van der Waals surface area contributed by atoms with Gasteiger partial charge in [-0.3, -0.25) is 4.79 Å². The van der Waals surface area contributed by atoms with Crippen LogP contribution < -0.4 is 5.32 Å². The number of thiophene rings is 1. The molecular weight excluding hydrogens is 347 g/mol. The van der Waals surface area contributed by atoms with Gasteiger partial charge in [-0.25, -0.2) is 4.79 Å². The van der Waals surface area contributed by atoms with E-state index < -0.39 is 18.5 Å². The van der Waals surface area contributed by atoms with Gasteiger partial charge in [0.15, 0.2) is 6.61 Å². The van der Waals surface area contributed by atoms with Gasteiger partial charge in [-0.1, -0.05) is 29.3 Å². The standard InChI is InChI=1S/C14H10Cl2N2O3S/c15-8-2-3-9-10(6-8)22-13(12(9)16)14(20)21-7-11(19)18-5-1-4-17/h2-3,6H,1,5,7H2,(H,18,19). The molecule has 0 radical (unpaired) electrons. The first-order chi connectivity index (χ1) is 10.5. The molecule has 2 aromatic rings. The minimum absolute atomic E-state index is 0.197. The Balaban J connectivity index is 2.03. The molecule has 0 atom stereocenters. The zero-order valence-electron chi connectivity index (χ0n) is 11.2. The van der Waals surface area contributed by atoms with Crippen LogP contribution in [0.25, 0.3) is 10.1 Å². The van der Waals surface area contributed by atoms with Gasteiger partial charge < -0.3 is 10.1 Å². The third-order valence-corrected chi connectivity index (χ3v) is 4.54. The van der Waals surface area contributed by atoms with Crippen molar-refractivity contribution in [3.8, 4) is 6.07 Å². The van der Waals surface area contributed by atoms with Crippen molar-refractivity contribution in [2.45, 2.75) is 6.42 Å². The van der Waals surface area contributed by atoms with E-state index in [2.05, 4.69) is 5.32 Å². The Morgan fingerprint density at radius 2 is 2.14 bits per heavy atom. The van der Waals surface area contributed by atoms with E-state index in [1.54, 1.807) is 18.2 Å². The summed E-state index contributed by atoms with van der Waals surface area (Å²) in [5, 5.41) is 12.3. The van der Waals surface area contributed by atoms with Crippen molar-refractivity contribution in [1.82, 2.24) is 5.32 Å². The molecule has 22 heavy (non-hydrogen) atoms. The molecule has 114 valence electrons. The van der Waals surface area contributed by atoms with Gasteiger partial charge in [-0.2, -0.15) is 5.26 Å². The zero-order valence-corrected chi connectivity index (χ0v) is 13.5. The first-order valence-electron chi connectivity index (χ1n) is 6.21. The van der Waals surface area contributed by atoms with Crippen molar-refractivity contribution in [2.24, 2.45) is 0 Å². The Labute approximate surface area is 140 Å². The number of nitriles is 1. The Morgan fingerprint density at radius 3 is 2.86 bits per heavy atom. The summed E-state index contributed by atoms with van der Waals surface area (Å²) in [5.74, 6) is -1.14. The number of amides is 1. The van der Waals surface area contributed by atoms with E-state index in [1.807, 2.05) is 6.07 Å². The summed E-state index contributed by atoms with van der Waals surface area (Å²) in [6, 6.07) is 7.00. The monoisotopic (exact) mass is 356 g/mol. The van der Waals surface area contributed by atoms with Crippen LogP contribution in [0.5, 0.6) is 0 Å². The highest BCUT2D eigenvalue weighted by molar-refractivity contribution is 7.21. The topological polar surface area (TPSA) is 79.2 Å². The largest absolute Gasteiger partial charge is 0.451 e. The lowest BCUT2D eigenvalue weighted by Crippen LogP contribution is -2.29. The molecule has 1 heterocycles. The average Bonchev–Trinajstić information content (AvgIpc) is 2.81. The molecule has 0 bridgehead atoms. The van der Waals surface area contributed by atoms with Gasteiger partial charge in [0.05, 0.1) is 17.5 Å². The molecule has 1 aromatic carbocycles. The number of carbonyl (C=O) groups is 2. The number of hydrogen-bond acceptors (Lipinski definition) is 5. The summed E-state index contributed by atoms with van der Waals surface area (Å²) < 4.78 is 5.69. The van der Waals surface area contributed by atoms with Crippen molar-refractivity contribution in [1.29, 1.82) is 5.26 Å². The van der Waals surface area contributed by atoms with Gasteiger partial charge in [0.2, 0.25) is 0 Å². The van der Waals surface area contributed by atoms with Crippen LogP contribution in [0.15, 0.2) is 18.2 Å². The van der Waals surface area contributed by atoms with Crippen molar-refractivity contribution < 1.29 is 14.3 Å². The summed E-state index contributed by atoms with van der Waals surface area (Å²) in [7, 11) is 0. The van der Waals surface area contributed by atoms with Crippen molar-refractivity contribution in [3.05, 3.63) is 33.1 Å². The van der Waals surface area contributed by atoms with Crippen LogP contribution in [0.1, 0.15) is 16.1 Å². The number of halogens is 2. The zero-order chi connectivity index (χ0) is 16.1. The number of hydrogen-bond donors (Lipinski definition) is 1. The first-order valence-corrected chi connectivity index (χ1v) is 7.78. The molecule has 1 aromatic heterocycles. The number of esters is 1. The molecule has 2 rings (SSSR count). The summed E-state index contributed by atoms with van der Waals surface area (Å²) >= 11 is 13.2. The van der Waals surface area contributed by atoms with Gasteiger partial charge >= 0.3 is 5.97 Å². The van der Waals surface area contributed by atoms with E-state index in [1.165, 1.54) is 0 Å². The minimum atomic E-state index is -0.669. The lowest BCUT2D eigenvalue weighted by atomic mass is 10.2. The van der Waals surface area contributed by atoms with Crippen LogP contribution in [-0.2, 0) is 9.53 Å². The maximum absolute atomic E-state index is 12.0. The summed E-state index contributed by atoms with van der Waals surface area (Å²) in [6.45, 7) is -0.204. The molecular formula is C14H10Cl2N2O3S. The maximum Gasteiger partial charge on any atom is 0.350 e. The van der Waals surface area contributed by atoms with Crippen molar-refractivity contribution in [3.63, 3.8) is 0 Å². The number of nitrogens with zero attached hydrogens (tertiary/aromatic N) is 1. The predicted octanol–water partition coefficient (Wildman–Crippen LogP) is 3.39. The molecule has 1 N–H and O–H groups in total. The number of fused-ring (bicyclic) bond motifs is 1. The third-order valence-electron chi connectivity index (χ3n) is 2.67. The molecule has 0 saturated carbocycles. The van der Waals surface area contributed by atoms with E-state index in [9.17, 15) is 9.59 Å². The van der Waals surface area contributed by atoms with E-state index in [-0.39, 0.29) is 22.9 Å². The van der Waals surface area contributed by atoms with E-state index in [0.717, 1.165) is 16.0 Å². The van der Waals surface area contributed by atoms with Gasteiger partial charge in [-0.15, -0.1) is 11.3 Å². The van der Waals surface area contributed by atoms with E-state index >= 15 is 0 Å². The maximum atomic E-state index is 12.0.